The highest BCUT2D eigenvalue weighted by Crippen LogP contribution is 2.41. The van der Waals surface area contributed by atoms with Crippen LogP contribution in [0.5, 0.6) is 0 Å². The molecule has 0 radical (unpaired) electrons. The second-order valence-corrected chi connectivity index (χ2v) is 9.41. The minimum absolute atomic E-state index is 0.182. The third-order valence-corrected chi connectivity index (χ3v) is 7.20. The van der Waals surface area contributed by atoms with Crippen LogP contribution in [0.2, 0.25) is 5.02 Å². The Balaban J connectivity index is 1.23. The van der Waals surface area contributed by atoms with Crippen LogP contribution in [0.25, 0.3) is 10.9 Å². The molecular formula is C26H26ClFN2. The van der Waals surface area contributed by atoms with E-state index < -0.39 is 0 Å². The normalized spacial score (nSPS) is 22.0. The molecule has 1 fully saturated rings. The molecule has 0 amide bonds. The van der Waals surface area contributed by atoms with E-state index in [9.17, 15) is 4.39 Å². The van der Waals surface area contributed by atoms with Crippen LogP contribution in [0.1, 0.15) is 56.1 Å². The maximum atomic E-state index is 13.8. The van der Waals surface area contributed by atoms with Gasteiger partial charge in [0.2, 0.25) is 0 Å². The van der Waals surface area contributed by atoms with Crippen molar-refractivity contribution >= 4 is 33.9 Å². The molecule has 0 saturated heterocycles. The van der Waals surface area contributed by atoms with Gasteiger partial charge in [0.05, 0.1) is 11.2 Å². The Morgan fingerprint density at radius 1 is 1.07 bits per heavy atom. The molecule has 2 aromatic carbocycles. The number of pyridine rings is 1. The van der Waals surface area contributed by atoms with Gasteiger partial charge < -0.3 is 0 Å². The molecule has 1 aliphatic heterocycles. The summed E-state index contributed by atoms with van der Waals surface area (Å²) in [5.74, 6) is 1.54. The fourth-order valence-corrected chi connectivity index (χ4v) is 5.47. The van der Waals surface area contributed by atoms with Crippen LogP contribution in [-0.4, -0.2) is 10.7 Å². The number of aromatic nitrogens is 1. The number of aliphatic imine (C=N–C) groups is 1. The van der Waals surface area contributed by atoms with E-state index in [1.165, 1.54) is 42.2 Å². The van der Waals surface area contributed by atoms with E-state index in [0.717, 1.165) is 46.8 Å². The minimum Gasteiger partial charge on any atom is -0.257 e. The lowest BCUT2D eigenvalue weighted by molar-refractivity contribution is 0.296. The largest absolute Gasteiger partial charge is 0.257 e. The third kappa shape index (κ3) is 3.88. The Morgan fingerprint density at radius 3 is 2.73 bits per heavy atom. The quantitative estimate of drug-likeness (QED) is 0.425. The Hall–Kier alpha value is -2.26. The topological polar surface area (TPSA) is 25.2 Å². The van der Waals surface area contributed by atoms with Crippen molar-refractivity contribution in [1.82, 2.24) is 4.98 Å². The monoisotopic (exact) mass is 420 g/mol. The molecule has 30 heavy (non-hydrogen) atoms. The molecule has 1 atom stereocenters. The van der Waals surface area contributed by atoms with Gasteiger partial charge in [0.25, 0.3) is 0 Å². The molecule has 3 aromatic rings. The average molecular weight is 421 g/mol. The number of fused-ring (bicyclic) bond motifs is 2. The van der Waals surface area contributed by atoms with Crippen LogP contribution < -0.4 is 0 Å². The smallest absolute Gasteiger partial charge is 0.123 e. The first kappa shape index (κ1) is 19.7. The lowest BCUT2D eigenvalue weighted by Crippen LogP contribution is -2.20. The Morgan fingerprint density at radius 2 is 1.90 bits per heavy atom. The molecule has 0 unspecified atom stereocenters. The molecule has 5 rings (SSSR count). The predicted molar refractivity (Wildman–Crippen MR) is 122 cm³/mol. The van der Waals surface area contributed by atoms with Crippen molar-refractivity contribution in [3.8, 4) is 0 Å². The van der Waals surface area contributed by atoms with Gasteiger partial charge in [-0.15, -0.1) is 0 Å². The van der Waals surface area contributed by atoms with Crippen molar-refractivity contribution in [2.75, 3.05) is 0 Å². The summed E-state index contributed by atoms with van der Waals surface area (Å²) >= 11 is 6.12. The molecular weight excluding hydrogens is 395 g/mol. The number of benzene rings is 2. The molecule has 2 heterocycles. The van der Waals surface area contributed by atoms with E-state index in [1.807, 2.05) is 18.3 Å². The Kier molecular flexibility index (Phi) is 5.32. The predicted octanol–water partition coefficient (Wildman–Crippen LogP) is 7.66. The highest BCUT2D eigenvalue weighted by molar-refractivity contribution is 6.31. The average Bonchev–Trinajstić information content (AvgIpc) is 3.17. The SMILES string of the molecule is C[C@H](CC1CCC(c2ccnc3ccc(F)cc23)CC1)C1=Nc2cc(Cl)ccc2C1. The van der Waals surface area contributed by atoms with Crippen molar-refractivity contribution in [3.05, 3.63) is 70.6 Å². The number of nitrogens with zero attached hydrogens (tertiary/aromatic N) is 2. The van der Waals surface area contributed by atoms with Crippen LogP contribution in [0.4, 0.5) is 10.1 Å². The van der Waals surface area contributed by atoms with E-state index in [2.05, 4.69) is 24.0 Å². The highest BCUT2D eigenvalue weighted by Gasteiger charge is 2.27. The van der Waals surface area contributed by atoms with Crippen molar-refractivity contribution in [3.63, 3.8) is 0 Å². The first-order valence-electron chi connectivity index (χ1n) is 11.0. The van der Waals surface area contributed by atoms with Gasteiger partial charge in [-0.3, -0.25) is 9.98 Å². The van der Waals surface area contributed by atoms with Gasteiger partial charge in [0, 0.05) is 28.7 Å². The minimum atomic E-state index is -0.182. The zero-order valence-electron chi connectivity index (χ0n) is 17.2. The second-order valence-electron chi connectivity index (χ2n) is 8.97. The number of rotatable bonds is 4. The van der Waals surface area contributed by atoms with E-state index >= 15 is 0 Å². The first-order valence-corrected chi connectivity index (χ1v) is 11.3. The van der Waals surface area contributed by atoms with Gasteiger partial charge in [-0.05, 0) is 97.4 Å². The van der Waals surface area contributed by atoms with Crippen LogP contribution in [-0.2, 0) is 6.42 Å². The molecule has 2 nitrogen and oxygen atoms in total. The lowest BCUT2D eigenvalue weighted by Gasteiger charge is -2.31. The summed E-state index contributed by atoms with van der Waals surface area (Å²) in [5.41, 5.74) is 5.79. The zero-order valence-corrected chi connectivity index (χ0v) is 18.0. The second kappa shape index (κ2) is 8.11. The summed E-state index contributed by atoms with van der Waals surface area (Å²) in [6.45, 7) is 2.32. The summed E-state index contributed by atoms with van der Waals surface area (Å²) in [6, 6.07) is 13.1. The summed E-state index contributed by atoms with van der Waals surface area (Å²) in [6.07, 6.45) is 8.79. The van der Waals surface area contributed by atoms with Gasteiger partial charge in [-0.1, -0.05) is 24.6 Å². The standard InChI is InChI=1S/C26H26ClFN2/c1-16(25-13-19-6-7-20(27)14-26(19)30-25)12-17-2-4-18(5-3-17)22-10-11-29-24-9-8-21(28)15-23(22)24/h6-11,14-18H,2-5,12-13H2,1H3/t16-,17?,18?/m1/s1. The third-order valence-electron chi connectivity index (χ3n) is 6.96. The maximum absolute atomic E-state index is 13.8. The van der Waals surface area contributed by atoms with Crippen molar-refractivity contribution < 1.29 is 4.39 Å². The molecule has 0 spiro atoms. The van der Waals surface area contributed by atoms with Crippen LogP contribution >= 0.6 is 11.6 Å². The maximum Gasteiger partial charge on any atom is 0.123 e. The van der Waals surface area contributed by atoms with Crippen LogP contribution in [0.15, 0.2) is 53.7 Å². The summed E-state index contributed by atoms with van der Waals surface area (Å²) in [4.78, 5) is 9.28. The molecule has 0 bridgehead atoms. The van der Waals surface area contributed by atoms with Crippen LogP contribution in [0.3, 0.4) is 0 Å². The van der Waals surface area contributed by atoms with E-state index in [0.29, 0.717) is 11.8 Å². The van der Waals surface area contributed by atoms with Gasteiger partial charge in [-0.2, -0.15) is 0 Å². The van der Waals surface area contributed by atoms with Gasteiger partial charge in [0.15, 0.2) is 0 Å². The van der Waals surface area contributed by atoms with Gasteiger partial charge >= 0.3 is 0 Å². The summed E-state index contributed by atoms with van der Waals surface area (Å²) in [5, 5.41) is 1.74. The van der Waals surface area contributed by atoms with Crippen LogP contribution in [0, 0.1) is 17.7 Å². The number of hydrogen-bond acceptors (Lipinski definition) is 2. The number of hydrogen-bond donors (Lipinski definition) is 0. The molecule has 2 aliphatic rings. The molecule has 1 saturated carbocycles. The number of halogens is 2. The fraction of sp³-hybridized carbons (Fsp3) is 0.385. The van der Waals surface area contributed by atoms with Gasteiger partial charge in [0.1, 0.15) is 5.82 Å². The van der Waals surface area contributed by atoms with Crippen molar-refractivity contribution in [1.29, 1.82) is 0 Å². The highest BCUT2D eigenvalue weighted by atomic mass is 35.5. The lowest BCUT2D eigenvalue weighted by atomic mass is 9.74. The van der Waals surface area contributed by atoms with Gasteiger partial charge in [-0.25, -0.2) is 4.39 Å². The Bertz CT molecular complexity index is 1120. The summed E-state index contributed by atoms with van der Waals surface area (Å²) in [7, 11) is 0. The van der Waals surface area contributed by atoms with E-state index in [-0.39, 0.29) is 5.82 Å². The Labute approximate surface area is 182 Å². The van der Waals surface area contributed by atoms with Crippen molar-refractivity contribution in [2.24, 2.45) is 16.8 Å². The molecule has 0 N–H and O–H groups in total. The van der Waals surface area contributed by atoms with E-state index in [4.69, 9.17) is 16.6 Å². The molecule has 1 aromatic heterocycles. The molecule has 4 heteroatoms. The zero-order chi connectivity index (χ0) is 20.7. The molecule has 154 valence electrons. The fourth-order valence-electron chi connectivity index (χ4n) is 5.31. The first-order chi connectivity index (χ1) is 14.6. The van der Waals surface area contributed by atoms with Crippen molar-refractivity contribution in [2.45, 2.75) is 51.4 Å². The molecule has 1 aliphatic carbocycles. The van der Waals surface area contributed by atoms with E-state index in [1.54, 1.807) is 12.1 Å². The summed E-state index contributed by atoms with van der Waals surface area (Å²) < 4.78 is 13.8.